The number of ether oxygens (including phenoxy) is 2. The van der Waals surface area contributed by atoms with Crippen LogP contribution in [0.15, 0.2) is 24.3 Å². The molecule has 1 aromatic carbocycles. The summed E-state index contributed by atoms with van der Waals surface area (Å²) in [6, 6.07) is 7.41. The minimum absolute atomic E-state index is 0.0467. The summed E-state index contributed by atoms with van der Waals surface area (Å²) in [4.78, 5) is 22.6. The summed E-state index contributed by atoms with van der Waals surface area (Å²) in [6.45, 7) is 2.56. The van der Waals surface area contributed by atoms with Crippen LogP contribution in [0.3, 0.4) is 0 Å². The number of carbonyl (C=O) groups excluding carboxylic acids is 2. The van der Waals surface area contributed by atoms with Crippen molar-refractivity contribution in [3.05, 3.63) is 34.9 Å². The lowest BCUT2D eigenvalue weighted by molar-refractivity contribution is -0.150. The largest absolute Gasteiger partial charge is 0.466 e. The summed E-state index contributed by atoms with van der Waals surface area (Å²) >= 11 is 5.99. The SMILES string of the molecule is CCCOC(=O)CCC(=O)OCCc1ccccc1Cl. The van der Waals surface area contributed by atoms with E-state index in [2.05, 4.69) is 0 Å². The van der Waals surface area contributed by atoms with Gasteiger partial charge in [-0.1, -0.05) is 36.7 Å². The molecule has 0 N–H and O–H groups in total. The maximum atomic E-state index is 11.4. The van der Waals surface area contributed by atoms with Gasteiger partial charge >= 0.3 is 11.9 Å². The van der Waals surface area contributed by atoms with Crippen LogP contribution >= 0.6 is 11.6 Å². The lowest BCUT2D eigenvalue weighted by Crippen LogP contribution is -2.12. The van der Waals surface area contributed by atoms with Crippen molar-refractivity contribution in [2.75, 3.05) is 13.2 Å². The standard InChI is InChI=1S/C15H19ClO4/c1-2-10-19-14(17)7-8-15(18)20-11-9-12-5-3-4-6-13(12)16/h3-6H,2,7-11H2,1H3. The van der Waals surface area contributed by atoms with Crippen LogP contribution in [0.1, 0.15) is 31.7 Å². The molecule has 0 spiro atoms. The van der Waals surface area contributed by atoms with Crippen LogP contribution in [-0.2, 0) is 25.5 Å². The van der Waals surface area contributed by atoms with E-state index in [1.165, 1.54) is 0 Å². The minimum atomic E-state index is -0.398. The molecule has 0 unspecified atom stereocenters. The van der Waals surface area contributed by atoms with Crippen molar-refractivity contribution >= 4 is 23.5 Å². The number of hydrogen-bond acceptors (Lipinski definition) is 4. The van der Waals surface area contributed by atoms with Crippen LogP contribution in [0, 0.1) is 0 Å². The van der Waals surface area contributed by atoms with Gasteiger partial charge in [0, 0.05) is 11.4 Å². The first kappa shape index (κ1) is 16.5. The molecule has 0 aliphatic heterocycles. The van der Waals surface area contributed by atoms with Gasteiger partial charge in [0.1, 0.15) is 0 Å². The molecule has 0 saturated heterocycles. The molecule has 110 valence electrons. The van der Waals surface area contributed by atoms with Gasteiger partial charge in [0.25, 0.3) is 0 Å². The molecule has 0 aliphatic rings. The number of halogens is 1. The molecule has 0 bridgehead atoms. The molecule has 0 amide bonds. The quantitative estimate of drug-likeness (QED) is 0.692. The fourth-order valence-corrected chi connectivity index (χ4v) is 1.77. The molecule has 20 heavy (non-hydrogen) atoms. The predicted octanol–water partition coefficient (Wildman–Crippen LogP) is 3.16. The first-order valence-corrected chi connectivity index (χ1v) is 7.06. The number of benzene rings is 1. The van der Waals surface area contributed by atoms with Crippen molar-refractivity contribution in [1.82, 2.24) is 0 Å². The van der Waals surface area contributed by atoms with Gasteiger partial charge in [-0.05, 0) is 18.1 Å². The van der Waals surface area contributed by atoms with Gasteiger partial charge < -0.3 is 9.47 Å². The van der Waals surface area contributed by atoms with Crippen molar-refractivity contribution in [3.63, 3.8) is 0 Å². The molecule has 0 heterocycles. The summed E-state index contributed by atoms with van der Waals surface area (Å²) < 4.78 is 9.92. The normalized spacial score (nSPS) is 10.1. The van der Waals surface area contributed by atoms with E-state index in [1.807, 2.05) is 25.1 Å². The number of hydrogen-bond donors (Lipinski definition) is 0. The van der Waals surface area contributed by atoms with Crippen molar-refractivity contribution in [1.29, 1.82) is 0 Å². The van der Waals surface area contributed by atoms with Crippen LogP contribution in [0.25, 0.3) is 0 Å². The third-order valence-corrected chi connectivity index (χ3v) is 2.96. The lowest BCUT2D eigenvalue weighted by Gasteiger charge is -2.06. The first-order chi connectivity index (χ1) is 9.63. The molecule has 0 aromatic heterocycles. The lowest BCUT2D eigenvalue weighted by atomic mass is 10.2. The molecule has 0 radical (unpaired) electrons. The van der Waals surface area contributed by atoms with E-state index in [1.54, 1.807) is 6.07 Å². The molecule has 4 nitrogen and oxygen atoms in total. The molecule has 0 fully saturated rings. The summed E-state index contributed by atoms with van der Waals surface area (Å²) in [5.74, 6) is -0.764. The van der Waals surface area contributed by atoms with E-state index in [0.29, 0.717) is 18.1 Å². The van der Waals surface area contributed by atoms with Crippen LogP contribution in [-0.4, -0.2) is 25.2 Å². The predicted molar refractivity (Wildman–Crippen MR) is 76.6 cm³/mol. The first-order valence-electron chi connectivity index (χ1n) is 6.68. The second-order valence-corrected chi connectivity index (χ2v) is 4.69. The van der Waals surface area contributed by atoms with Gasteiger partial charge in [-0.2, -0.15) is 0 Å². The van der Waals surface area contributed by atoms with Crippen molar-refractivity contribution in [2.24, 2.45) is 0 Å². The maximum absolute atomic E-state index is 11.4. The zero-order valence-electron chi connectivity index (χ0n) is 11.6. The zero-order chi connectivity index (χ0) is 14.8. The Kier molecular flexibility index (Phi) is 7.73. The summed E-state index contributed by atoms with van der Waals surface area (Å²) in [6.07, 6.45) is 1.44. The van der Waals surface area contributed by atoms with E-state index in [0.717, 1.165) is 12.0 Å². The molecule has 5 heteroatoms. The minimum Gasteiger partial charge on any atom is -0.466 e. The van der Waals surface area contributed by atoms with Gasteiger partial charge in [0.2, 0.25) is 0 Å². The average molecular weight is 299 g/mol. The fourth-order valence-electron chi connectivity index (χ4n) is 1.54. The van der Waals surface area contributed by atoms with Crippen LogP contribution in [0.4, 0.5) is 0 Å². The Morgan fingerprint density at radius 2 is 1.65 bits per heavy atom. The molecular weight excluding hydrogens is 280 g/mol. The van der Waals surface area contributed by atoms with Gasteiger partial charge in [-0.15, -0.1) is 0 Å². The molecule has 1 aromatic rings. The summed E-state index contributed by atoms with van der Waals surface area (Å²) in [7, 11) is 0. The Morgan fingerprint density at radius 1 is 1.05 bits per heavy atom. The number of rotatable bonds is 8. The molecule has 0 atom stereocenters. The van der Waals surface area contributed by atoms with E-state index >= 15 is 0 Å². The highest BCUT2D eigenvalue weighted by atomic mass is 35.5. The summed E-state index contributed by atoms with van der Waals surface area (Å²) in [5, 5.41) is 0.659. The number of esters is 2. The zero-order valence-corrected chi connectivity index (χ0v) is 12.3. The average Bonchev–Trinajstić information content (AvgIpc) is 2.45. The Hall–Kier alpha value is -1.55. The van der Waals surface area contributed by atoms with Gasteiger partial charge in [0.15, 0.2) is 0 Å². The van der Waals surface area contributed by atoms with Gasteiger partial charge in [0.05, 0.1) is 26.1 Å². The Balaban J connectivity index is 2.17. The number of carbonyl (C=O) groups is 2. The van der Waals surface area contributed by atoms with E-state index in [-0.39, 0.29) is 25.4 Å². The van der Waals surface area contributed by atoms with Crippen LogP contribution in [0.5, 0.6) is 0 Å². The van der Waals surface area contributed by atoms with Crippen molar-refractivity contribution in [3.8, 4) is 0 Å². The Bertz CT molecular complexity index is 445. The Morgan fingerprint density at radius 3 is 2.25 bits per heavy atom. The fraction of sp³-hybridized carbons (Fsp3) is 0.467. The third-order valence-electron chi connectivity index (χ3n) is 2.59. The Labute approximate surface area is 124 Å². The maximum Gasteiger partial charge on any atom is 0.306 e. The van der Waals surface area contributed by atoms with Gasteiger partial charge in [-0.25, -0.2) is 0 Å². The van der Waals surface area contributed by atoms with Crippen LogP contribution < -0.4 is 0 Å². The second-order valence-electron chi connectivity index (χ2n) is 4.28. The van der Waals surface area contributed by atoms with Crippen molar-refractivity contribution in [2.45, 2.75) is 32.6 Å². The summed E-state index contributed by atoms with van der Waals surface area (Å²) in [5.41, 5.74) is 0.935. The molecule has 1 rings (SSSR count). The molecule has 0 aliphatic carbocycles. The topological polar surface area (TPSA) is 52.6 Å². The monoisotopic (exact) mass is 298 g/mol. The highest BCUT2D eigenvalue weighted by Crippen LogP contribution is 2.15. The van der Waals surface area contributed by atoms with Gasteiger partial charge in [-0.3, -0.25) is 9.59 Å². The molecule has 0 saturated carbocycles. The third kappa shape index (κ3) is 6.57. The highest BCUT2D eigenvalue weighted by Gasteiger charge is 2.09. The second kappa shape index (κ2) is 9.37. The van der Waals surface area contributed by atoms with Crippen LogP contribution in [0.2, 0.25) is 5.02 Å². The highest BCUT2D eigenvalue weighted by molar-refractivity contribution is 6.31. The van der Waals surface area contributed by atoms with Crippen molar-refractivity contribution < 1.29 is 19.1 Å². The molecular formula is C15H19ClO4. The smallest absolute Gasteiger partial charge is 0.306 e. The van der Waals surface area contributed by atoms with E-state index in [9.17, 15) is 9.59 Å². The van der Waals surface area contributed by atoms with E-state index in [4.69, 9.17) is 21.1 Å². The van der Waals surface area contributed by atoms with E-state index < -0.39 is 5.97 Å².